The molecule has 1 N–H and O–H groups in total. The van der Waals surface area contributed by atoms with Gasteiger partial charge >= 0.3 is 5.97 Å². The highest BCUT2D eigenvalue weighted by molar-refractivity contribution is 5.69. The fourth-order valence-corrected chi connectivity index (χ4v) is 2.07. The molecule has 1 aromatic carbocycles. The summed E-state index contributed by atoms with van der Waals surface area (Å²) >= 11 is 0. The average molecular weight is 278 g/mol. The first kappa shape index (κ1) is 16.7. The maximum atomic E-state index is 11.7. The molecule has 1 atom stereocenters. The first-order chi connectivity index (χ1) is 9.23. The number of rotatable bonds is 5. The third kappa shape index (κ3) is 5.33. The van der Waals surface area contributed by atoms with Crippen molar-refractivity contribution in [1.82, 2.24) is 0 Å². The molecule has 0 aliphatic carbocycles. The summed E-state index contributed by atoms with van der Waals surface area (Å²) in [7, 11) is 0. The summed E-state index contributed by atoms with van der Waals surface area (Å²) in [5.41, 5.74) is 3.07. The molecule has 3 heteroatoms. The van der Waals surface area contributed by atoms with Crippen LogP contribution in [-0.4, -0.2) is 23.3 Å². The van der Waals surface area contributed by atoms with Crippen molar-refractivity contribution in [3.05, 3.63) is 34.9 Å². The fourth-order valence-electron chi connectivity index (χ4n) is 2.07. The van der Waals surface area contributed by atoms with E-state index in [1.54, 1.807) is 0 Å². The molecule has 0 bridgehead atoms. The van der Waals surface area contributed by atoms with Crippen LogP contribution in [0.5, 0.6) is 0 Å². The normalized spacial score (nSPS) is 13.1. The SMILES string of the molecule is Cc1ccc(C(CO)CCC(=O)OC(C)(C)C)cc1C. The molecule has 1 unspecified atom stereocenters. The molecule has 20 heavy (non-hydrogen) atoms. The van der Waals surface area contributed by atoms with Gasteiger partial charge in [0, 0.05) is 18.9 Å². The van der Waals surface area contributed by atoms with Crippen molar-refractivity contribution < 1.29 is 14.6 Å². The number of aliphatic hydroxyl groups excluding tert-OH is 1. The number of aryl methyl sites for hydroxylation is 2. The van der Waals surface area contributed by atoms with Crippen LogP contribution < -0.4 is 0 Å². The minimum atomic E-state index is -0.452. The standard InChI is InChI=1S/C17H26O3/c1-12-6-7-14(10-13(12)2)15(11-18)8-9-16(19)20-17(3,4)5/h6-7,10,15,18H,8-9,11H2,1-5H3. The Labute approximate surface area is 122 Å². The predicted molar refractivity (Wildman–Crippen MR) is 80.8 cm³/mol. The number of hydrogen-bond donors (Lipinski definition) is 1. The Kier molecular flexibility index (Phi) is 5.75. The Morgan fingerprint density at radius 3 is 2.40 bits per heavy atom. The summed E-state index contributed by atoms with van der Waals surface area (Å²) in [6.07, 6.45) is 0.934. The average Bonchev–Trinajstić information content (AvgIpc) is 2.32. The summed E-state index contributed by atoms with van der Waals surface area (Å²) < 4.78 is 5.29. The van der Waals surface area contributed by atoms with E-state index in [0.29, 0.717) is 12.8 Å². The number of esters is 1. The zero-order valence-corrected chi connectivity index (χ0v) is 13.2. The molecule has 0 spiro atoms. The van der Waals surface area contributed by atoms with Crippen LogP contribution in [0.2, 0.25) is 0 Å². The van der Waals surface area contributed by atoms with E-state index in [0.717, 1.165) is 5.56 Å². The minimum absolute atomic E-state index is 0.0122. The maximum absolute atomic E-state index is 11.7. The van der Waals surface area contributed by atoms with Gasteiger partial charge in [0.05, 0.1) is 0 Å². The van der Waals surface area contributed by atoms with Gasteiger partial charge < -0.3 is 9.84 Å². The van der Waals surface area contributed by atoms with Gasteiger partial charge in [0.25, 0.3) is 0 Å². The lowest BCUT2D eigenvalue weighted by atomic mass is 9.92. The van der Waals surface area contributed by atoms with Crippen LogP contribution in [0.15, 0.2) is 18.2 Å². The van der Waals surface area contributed by atoms with Crippen molar-refractivity contribution >= 4 is 5.97 Å². The Morgan fingerprint density at radius 2 is 1.90 bits per heavy atom. The zero-order valence-electron chi connectivity index (χ0n) is 13.2. The second-order valence-electron chi connectivity index (χ2n) is 6.35. The molecule has 1 aromatic rings. The van der Waals surface area contributed by atoms with Crippen molar-refractivity contribution in [3.8, 4) is 0 Å². The zero-order chi connectivity index (χ0) is 15.3. The molecule has 0 saturated carbocycles. The van der Waals surface area contributed by atoms with Crippen LogP contribution in [0, 0.1) is 13.8 Å². The van der Waals surface area contributed by atoms with Gasteiger partial charge in [0.15, 0.2) is 0 Å². The van der Waals surface area contributed by atoms with E-state index in [1.807, 2.05) is 26.8 Å². The fraction of sp³-hybridized carbons (Fsp3) is 0.588. The Morgan fingerprint density at radius 1 is 1.25 bits per heavy atom. The van der Waals surface area contributed by atoms with Gasteiger partial charge in [-0.15, -0.1) is 0 Å². The number of hydrogen-bond acceptors (Lipinski definition) is 3. The lowest BCUT2D eigenvalue weighted by Gasteiger charge is -2.21. The molecular weight excluding hydrogens is 252 g/mol. The summed E-state index contributed by atoms with van der Waals surface area (Å²) in [4.78, 5) is 11.7. The van der Waals surface area contributed by atoms with Gasteiger partial charge in [-0.05, 0) is 57.7 Å². The van der Waals surface area contributed by atoms with Crippen LogP contribution in [0.25, 0.3) is 0 Å². The van der Waals surface area contributed by atoms with Gasteiger partial charge in [0.2, 0.25) is 0 Å². The molecular formula is C17H26O3. The monoisotopic (exact) mass is 278 g/mol. The Hall–Kier alpha value is -1.35. The quantitative estimate of drug-likeness (QED) is 0.838. The maximum Gasteiger partial charge on any atom is 0.306 e. The first-order valence-electron chi connectivity index (χ1n) is 7.13. The van der Waals surface area contributed by atoms with E-state index in [9.17, 15) is 9.90 Å². The number of aliphatic hydroxyl groups is 1. The summed E-state index contributed by atoms with van der Waals surface area (Å²) in [6, 6.07) is 6.17. The van der Waals surface area contributed by atoms with Crippen LogP contribution in [0.4, 0.5) is 0 Å². The molecule has 0 radical (unpaired) electrons. The molecule has 0 aliphatic heterocycles. The van der Waals surface area contributed by atoms with Gasteiger partial charge in [-0.2, -0.15) is 0 Å². The topological polar surface area (TPSA) is 46.5 Å². The van der Waals surface area contributed by atoms with Gasteiger partial charge in [-0.1, -0.05) is 18.2 Å². The molecule has 0 heterocycles. The van der Waals surface area contributed by atoms with Crippen molar-refractivity contribution in [2.24, 2.45) is 0 Å². The van der Waals surface area contributed by atoms with E-state index in [-0.39, 0.29) is 18.5 Å². The van der Waals surface area contributed by atoms with Gasteiger partial charge in [-0.25, -0.2) is 0 Å². The second kappa shape index (κ2) is 6.89. The summed E-state index contributed by atoms with van der Waals surface area (Å²) in [5.74, 6) is -0.221. The Balaban J connectivity index is 2.63. The molecule has 0 saturated heterocycles. The second-order valence-corrected chi connectivity index (χ2v) is 6.35. The predicted octanol–water partition coefficient (Wildman–Crippen LogP) is 3.50. The molecule has 112 valence electrons. The summed E-state index contributed by atoms with van der Waals surface area (Å²) in [5, 5.41) is 9.53. The molecule has 1 rings (SSSR count). The van der Waals surface area contributed by atoms with E-state index in [4.69, 9.17) is 4.74 Å². The number of carbonyl (C=O) groups excluding carboxylic acids is 1. The first-order valence-corrected chi connectivity index (χ1v) is 7.13. The van der Waals surface area contributed by atoms with Gasteiger partial charge in [0.1, 0.15) is 5.60 Å². The largest absolute Gasteiger partial charge is 0.460 e. The van der Waals surface area contributed by atoms with E-state index < -0.39 is 5.60 Å². The Bertz CT molecular complexity index is 458. The third-order valence-corrected chi connectivity index (χ3v) is 3.34. The molecule has 0 aliphatic rings. The van der Waals surface area contributed by atoms with Crippen LogP contribution >= 0.6 is 0 Å². The lowest BCUT2D eigenvalue weighted by Crippen LogP contribution is -2.24. The van der Waals surface area contributed by atoms with Crippen molar-refractivity contribution in [2.45, 2.75) is 59.0 Å². The lowest BCUT2D eigenvalue weighted by molar-refractivity contribution is -0.155. The van der Waals surface area contributed by atoms with Crippen LogP contribution in [-0.2, 0) is 9.53 Å². The number of benzene rings is 1. The minimum Gasteiger partial charge on any atom is -0.460 e. The molecule has 0 amide bonds. The number of carbonyl (C=O) groups is 1. The van der Waals surface area contributed by atoms with Crippen LogP contribution in [0.1, 0.15) is 56.2 Å². The highest BCUT2D eigenvalue weighted by Crippen LogP contribution is 2.24. The molecule has 0 fully saturated rings. The van der Waals surface area contributed by atoms with E-state index >= 15 is 0 Å². The molecule has 3 nitrogen and oxygen atoms in total. The van der Waals surface area contributed by atoms with E-state index in [1.165, 1.54) is 11.1 Å². The highest BCUT2D eigenvalue weighted by atomic mass is 16.6. The molecule has 0 aromatic heterocycles. The summed E-state index contributed by atoms with van der Waals surface area (Å²) in [6.45, 7) is 9.74. The van der Waals surface area contributed by atoms with Crippen molar-refractivity contribution in [1.29, 1.82) is 0 Å². The third-order valence-electron chi connectivity index (χ3n) is 3.34. The highest BCUT2D eigenvalue weighted by Gasteiger charge is 2.18. The van der Waals surface area contributed by atoms with Crippen molar-refractivity contribution in [2.75, 3.05) is 6.61 Å². The van der Waals surface area contributed by atoms with E-state index in [2.05, 4.69) is 26.0 Å². The van der Waals surface area contributed by atoms with Crippen LogP contribution in [0.3, 0.4) is 0 Å². The van der Waals surface area contributed by atoms with Gasteiger partial charge in [-0.3, -0.25) is 4.79 Å². The smallest absolute Gasteiger partial charge is 0.306 e. The number of ether oxygens (including phenoxy) is 1. The van der Waals surface area contributed by atoms with Crippen molar-refractivity contribution in [3.63, 3.8) is 0 Å².